The lowest BCUT2D eigenvalue weighted by atomic mass is 10.1. The summed E-state index contributed by atoms with van der Waals surface area (Å²) in [6.07, 6.45) is 3.76. The number of ether oxygens (including phenoxy) is 2. The molecule has 1 amide bonds. The molecule has 212 valence electrons. The molecule has 0 bridgehead atoms. The van der Waals surface area contributed by atoms with Crippen molar-refractivity contribution in [3.8, 4) is 11.5 Å². The number of aromatic nitrogens is 2. The molecule has 1 N–H and O–H groups in total. The molecule has 0 unspecified atom stereocenters. The number of rotatable bonds is 10. The van der Waals surface area contributed by atoms with Gasteiger partial charge in [0.25, 0.3) is 5.91 Å². The van der Waals surface area contributed by atoms with Crippen molar-refractivity contribution >= 4 is 17.8 Å². The van der Waals surface area contributed by atoms with E-state index in [4.69, 9.17) is 9.47 Å². The Bertz CT molecular complexity index is 1610. The normalized spacial score (nSPS) is 11.1. The van der Waals surface area contributed by atoms with Crippen LogP contribution in [0.2, 0.25) is 0 Å². The van der Waals surface area contributed by atoms with E-state index in [2.05, 4.69) is 15.6 Å². The Morgan fingerprint density at radius 1 is 1.05 bits per heavy atom. The number of hydrogen-bond acceptors (Lipinski definition) is 7. The molecule has 0 aliphatic rings. The first-order valence-corrected chi connectivity index (χ1v) is 11.5. The maximum Gasteiger partial charge on any atom is 0.307 e. The van der Waals surface area contributed by atoms with E-state index in [-0.39, 0.29) is 23.4 Å². The number of nitrogens with one attached hydrogen (secondary N) is 1. The first kappa shape index (κ1) is 28.7. The van der Waals surface area contributed by atoms with Crippen LogP contribution in [0.4, 0.5) is 27.6 Å². The fourth-order valence-corrected chi connectivity index (χ4v) is 3.56. The number of nitrogens with zero attached hydrogens (tertiary/aromatic N) is 4. The predicted molar refractivity (Wildman–Crippen MR) is 133 cm³/mol. The van der Waals surface area contributed by atoms with Crippen LogP contribution >= 0.6 is 0 Å². The standard InChI is InChI=1S/C26H18F5N5O5/c1-40-19-7-4-15(8-17(19)11-35-12-18(10-33-35)36(38)39)9-32-34-26(37)16-5-2-14(3-6-16)13-41-25-23(30)21(28)20(27)22(29)24(25)31/h2-10,12H,11,13H2,1H3,(H,34,37). The van der Waals surface area contributed by atoms with Crippen molar-refractivity contribution in [3.05, 3.63) is 116 Å². The molecule has 0 fully saturated rings. The molecule has 4 aromatic rings. The van der Waals surface area contributed by atoms with Crippen LogP contribution in [0.25, 0.3) is 0 Å². The first-order chi connectivity index (χ1) is 19.6. The number of carbonyl (C=O) groups is 1. The molecule has 4 rings (SSSR count). The molecular weight excluding hydrogens is 557 g/mol. The lowest BCUT2D eigenvalue weighted by Crippen LogP contribution is -2.17. The molecule has 1 aromatic heterocycles. The van der Waals surface area contributed by atoms with Gasteiger partial charge in [-0.15, -0.1) is 0 Å². The summed E-state index contributed by atoms with van der Waals surface area (Å²) in [6.45, 7) is -0.366. The van der Waals surface area contributed by atoms with Gasteiger partial charge in [-0.3, -0.25) is 19.6 Å². The quantitative estimate of drug-likeness (QED) is 0.0718. The molecule has 0 radical (unpaired) electrons. The van der Waals surface area contributed by atoms with Gasteiger partial charge in [0.15, 0.2) is 5.75 Å². The monoisotopic (exact) mass is 575 g/mol. The highest BCUT2D eigenvalue weighted by molar-refractivity contribution is 5.94. The number of hydrazone groups is 1. The summed E-state index contributed by atoms with van der Waals surface area (Å²) in [5, 5.41) is 18.7. The minimum Gasteiger partial charge on any atom is -0.496 e. The largest absolute Gasteiger partial charge is 0.496 e. The SMILES string of the molecule is COc1ccc(C=NNC(=O)c2ccc(COc3c(F)c(F)c(F)c(F)c3F)cc2)cc1Cn1cc([N+](=O)[O-])cn1. The third-order valence-electron chi connectivity index (χ3n) is 5.62. The Labute approximate surface area is 227 Å². The molecule has 0 aliphatic heterocycles. The Hall–Kier alpha value is -5.34. The van der Waals surface area contributed by atoms with Crippen LogP contribution < -0.4 is 14.9 Å². The van der Waals surface area contributed by atoms with Crippen molar-refractivity contribution in [1.82, 2.24) is 15.2 Å². The van der Waals surface area contributed by atoms with E-state index in [0.717, 1.165) is 6.20 Å². The van der Waals surface area contributed by atoms with Crippen molar-refractivity contribution in [1.29, 1.82) is 0 Å². The average Bonchev–Trinajstić information content (AvgIpc) is 3.44. The van der Waals surface area contributed by atoms with Gasteiger partial charge in [0.1, 0.15) is 24.8 Å². The number of benzene rings is 3. The van der Waals surface area contributed by atoms with Gasteiger partial charge in [0.2, 0.25) is 29.1 Å². The van der Waals surface area contributed by atoms with E-state index in [9.17, 15) is 36.9 Å². The molecular formula is C26H18F5N5O5. The summed E-state index contributed by atoms with van der Waals surface area (Å²) in [5.41, 5.74) is 3.81. The summed E-state index contributed by atoms with van der Waals surface area (Å²) < 4.78 is 78.8. The number of hydrogen-bond donors (Lipinski definition) is 1. The highest BCUT2D eigenvalue weighted by Gasteiger charge is 2.27. The molecule has 0 aliphatic carbocycles. The van der Waals surface area contributed by atoms with E-state index >= 15 is 0 Å². The maximum atomic E-state index is 13.8. The van der Waals surface area contributed by atoms with Gasteiger partial charge in [0.05, 0.1) is 24.8 Å². The van der Waals surface area contributed by atoms with Gasteiger partial charge in [0, 0.05) is 11.1 Å². The minimum absolute atomic E-state index is 0.151. The second-order valence-electron chi connectivity index (χ2n) is 8.31. The van der Waals surface area contributed by atoms with Crippen LogP contribution in [0.15, 0.2) is 60.0 Å². The summed E-state index contributed by atoms with van der Waals surface area (Å²) >= 11 is 0. The van der Waals surface area contributed by atoms with E-state index in [1.807, 2.05) is 0 Å². The second-order valence-corrected chi connectivity index (χ2v) is 8.31. The molecule has 1 heterocycles. The van der Waals surface area contributed by atoms with Crippen LogP contribution in [0.5, 0.6) is 11.5 Å². The second kappa shape index (κ2) is 12.2. The highest BCUT2D eigenvalue weighted by atomic mass is 19.2. The lowest BCUT2D eigenvalue weighted by Gasteiger charge is -2.10. The number of amides is 1. The van der Waals surface area contributed by atoms with Crippen molar-refractivity contribution in [2.45, 2.75) is 13.2 Å². The van der Waals surface area contributed by atoms with Crippen molar-refractivity contribution in [2.75, 3.05) is 7.11 Å². The molecule has 3 aromatic carbocycles. The number of carbonyl (C=O) groups excluding carboxylic acids is 1. The molecule has 0 spiro atoms. The summed E-state index contributed by atoms with van der Waals surface area (Å²) in [4.78, 5) is 22.7. The number of methoxy groups -OCH3 is 1. The topological polar surface area (TPSA) is 121 Å². The minimum atomic E-state index is -2.29. The van der Waals surface area contributed by atoms with Gasteiger partial charge in [-0.25, -0.2) is 18.6 Å². The first-order valence-electron chi connectivity index (χ1n) is 11.5. The average molecular weight is 575 g/mol. The fourth-order valence-electron chi connectivity index (χ4n) is 3.56. The zero-order chi connectivity index (χ0) is 29.7. The predicted octanol–water partition coefficient (Wildman–Crippen LogP) is 4.89. The number of halogens is 5. The third kappa shape index (κ3) is 6.46. The maximum absolute atomic E-state index is 13.8. The van der Waals surface area contributed by atoms with E-state index in [1.165, 1.54) is 48.5 Å². The van der Waals surface area contributed by atoms with Crippen LogP contribution in [-0.4, -0.2) is 33.9 Å². The molecule has 15 heteroatoms. The number of nitro groups is 1. The highest BCUT2D eigenvalue weighted by Crippen LogP contribution is 2.29. The van der Waals surface area contributed by atoms with Gasteiger partial charge in [-0.2, -0.15) is 19.0 Å². The summed E-state index contributed by atoms with van der Waals surface area (Å²) in [7, 11) is 1.47. The molecule has 0 saturated carbocycles. The Morgan fingerprint density at radius 3 is 2.32 bits per heavy atom. The summed E-state index contributed by atoms with van der Waals surface area (Å²) in [5.74, 6) is -12.2. The molecule has 0 saturated heterocycles. The smallest absolute Gasteiger partial charge is 0.307 e. The van der Waals surface area contributed by atoms with Crippen molar-refractivity contribution in [2.24, 2.45) is 5.10 Å². The Morgan fingerprint density at radius 2 is 1.71 bits per heavy atom. The van der Waals surface area contributed by atoms with Gasteiger partial charge < -0.3 is 9.47 Å². The fraction of sp³-hybridized carbons (Fsp3) is 0.115. The third-order valence-corrected chi connectivity index (χ3v) is 5.62. The molecule has 41 heavy (non-hydrogen) atoms. The van der Waals surface area contributed by atoms with Crippen LogP contribution in [-0.2, 0) is 13.2 Å². The van der Waals surface area contributed by atoms with Gasteiger partial charge >= 0.3 is 5.69 Å². The van der Waals surface area contributed by atoms with Gasteiger partial charge in [-0.1, -0.05) is 12.1 Å². The lowest BCUT2D eigenvalue weighted by molar-refractivity contribution is -0.385. The van der Waals surface area contributed by atoms with Crippen LogP contribution in [0.3, 0.4) is 0 Å². The summed E-state index contributed by atoms with van der Waals surface area (Å²) in [6, 6.07) is 10.4. The van der Waals surface area contributed by atoms with Crippen LogP contribution in [0.1, 0.15) is 27.0 Å². The zero-order valence-electron chi connectivity index (χ0n) is 20.9. The van der Waals surface area contributed by atoms with E-state index in [0.29, 0.717) is 16.9 Å². The molecule has 0 atom stereocenters. The van der Waals surface area contributed by atoms with E-state index in [1.54, 1.807) is 18.2 Å². The zero-order valence-corrected chi connectivity index (χ0v) is 20.9. The van der Waals surface area contributed by atoms with E-state index < -0.39 is 52.3 Å². The van der Waals surface area contributed by atoms with Crippen molar-refractivity contribution < 1.29 is 41.1 Å². The Kier molecular flexibility index (Phi) is 8.55. The Balaban J connectivity index is 1.37. The van der Waals surface area contributed by atoms with Crippen molar-refractivity contribution in [3.63, 3.8) is 0 Å². The molecule has 10 nitrogen and oxygen atoms in total. The van der Waals surface area contributed by atoms with Crippen LogP contribution in [0, 0.1) is 39.2 Å². The van der Waals surface area contributed by atoms with Gasteiger partial charge in [-0.05, 0) is 41.5 Å².